The van der Waals surface area contributed by atoms with Gasteiger partial charge in [-0.1, -0.05) is 18.2 Å². The van der Waals surface area contributed by atoms with Gasteiger partial charge in [0.2, 0.25) is 5.88 Å². The van der Waals surface area contributed by atoms with Crippen molar-refractivity contribution in [1.82, 2.24) is 15.3 Å². The Morgan fingerprint density at radius 1 is 1.30 bits per heavy atom. The minimum atomic E-state index is -0.303. The second kappa shape index (κ2) is 6.83. The lowest BCUT2D eigenvalue weighted by Gasteiger charge is -2.12. The third kappa shape index (κ3) is 3.71. The van der Waals surface area contributed by atoms with E-state index in [9.17, 15) is 9.18 Å². The molecule has 23 heavy (non-hydrogen) atoms. The van der Waals surface area contributed by atoms with Crippen molar-refractivity contribution in [3.05, 3.63) is 53.7 Å². The molecule has 1 aromatic carbocycles. The average molecular weight is 315 g/mol. The first-order valence-electron chi connectivity index (χ1n) is 7.58. The standard InChI is InChI=1S/C17H18FN3O2/c1-11(22)14-6-7-15(21-14)16-8-20-17(9-19-16)23-10-12-4-2-3-5-13(12)18/h2-5,8-9,14-15,21H,6-7,10H2,1H3. The van der Waals surface area contributed by atoms with Gasteiger partial charge in [-0.3, -0.25) is 15.1 Å². The van der Waals surface area contributed by atoms with Gasteiger partial charge in [-0.05, 0) is 25.8 Å². The van der Waals surface area contributed by atoms with Crippen molar-refractivity contribution in [2.24, 2.45) is 0 Å². The van der Waals surface area contributed by atoms with E-state index in [1.807, 2.05) is 0 Å². The van der Waals surface area contributed by atoms with E-state index in [0.717, 1.165) is 18.5 Å². The molecule has 0 saturated carbocycles. The predicted octanol–water partition coefficient (Wildman–Crippen LogP) is 2.58. The largest absolute Gasteiger partial charge is 0.472 e. The van der Waals surface area contributed by atoms with E-state index >= 15 is 0 Å². The van der Waals surface area contributed by atoms with Crippen molar-refractivity contribution >= 4 is 5.78 Å². The number of aromatic nitrogens is 2. The zero-order chi connectivity index (χ0) is 16.2. The molecule has 2 aromatic rings. The van der Waals surface area contributed by atoms with Crippen LogP contribution in [-0.2, 0) is 11.4 Å². The Morgan fingerprint density at radius 3 is 2.78 bits per heavy atom. The molecule has 2 atom stereocenters. The quantitative estimate of drug-likeness (QED) is 0.919. The second-order valence-corrected chi connectivity index (χ2v) is 5.62. The SMILES string of the molecule is CC(=O)C1CCC(c2cnc(OCc3ccccc3F)cn2)N1. The van der Waals surface area contributed by atoms with E-state index in [1.54, 1.807) is 31.3 Å². The van der Waals surface area contributed by atoms with Crippen LogP contribution in [0.4, 0.5) is 4.39 Å². The van der Waals surface area contributed by atoms with Crippen molar-refractivity contribution < 1.29 is 13.9 Å². The lowest BCUT2D eigenvalue weighted by atomic mass is 10.1. The highest BCUT2D eigenvalue weighted by Gasteiger charge is 2.28. The topological polar surface area (TPSA) is 64.1 Å². The van der Waals surface area contributed by atoms with Crippen molar-refractivity contribution in [3.8, 4) is 5.88 Å². The number of nitrogens with one attached hydrogen (secondary N) is 1. The molecule has 1 fully saturated rings. The Kier molecular flexibility index (Phi) is 4.62. The van der Waals surface area contributed by atoms with Gasteiger partial charge in [0.1, 0.15) is 18.2 Å². The number of Topliss-reactive ketones (excluding diaryl/α,β-unsaturated/α-hetero) is 1. The summed E-state index contributed by atoms with van der Waals surface area (Å²) in [6.45, 7) is 1.69. The molecule has 1 aliphatic heterocycles. The zero-order valence-corrected chi connectivity index (χ0v) is 12.8. The minimum absolute atomic E-state index is 0.0389. The lowest BCUT2D eigenvalue weighted by molar-refractivity contribution is -0.118. The van der Waals surface area contributed by atoms with Crippen LogP contribution < -0.4 is 10.1 Å². The van der Waals surface area contributed by atoms with Crippen LogP contribution in [0.1, 0.15) is 37.1 Å². The number of rotatable bonds is 5. The molecule has 6 heteroatoms. The fourth-order valence-electron chi connectivity index (χ4n) is 2.64. The molecular formula is C17H18FN3O2. The number of hydrogen-bond acceptors (Lipinski definition) is 5. The van der Waals surface area contributed by atoms with E-state index < -0.39 is 0 Å². The number of benzene rings is 1. The van der Waals surface area contributed by atoms with E-state index in [-0.39, 0.29) is 30.3 Å². The number of carbonyl (C=O) groups is 1. The van der Waals surface area contributed by atoms with Crippen molar-refractivity contribution in [3.63, 3.8) is 0 Å². The molecule has 1 saturated heterocycles. The number of ether oxygens (including phenoxy) is 1. The van der Waals surface area contributed by atoms with E-state index in [1.165, 1.54) is 12.3 Å². The first-order chi connectivity index (χ1) is 11.1. The summed E-state index contributed by atoms with van der Waals surface area (Å²) in [7, 11) is 0. The van der Waals surface area contributed by atoms with Crippen LogP contribution in [0.5, 0.6) is 5.88 Å². The van der Waals surface area contributed by atoms with Gasteiger partial charge in [0.05, 0.1) is 30.2 Å². The summed E-state index contributed by atoms with van der Waals surface area (Å²) >= 11 is 0. The molecule has 3 rings (SSSR count). The third-order valence-corrected chi connectivity index (χ3v) is 3.98. The molecule has 0 radical (unpaired) electrons. The molecule has 1 aromatic heterocycles. The highest BCUT2D eigenvalue weighted by Crippen LogP contribution is 2.25. The van der Waals surface area contributed by atoms with Gasteiger partial charge in [-0.15, -0.1) is 0 Å². The molecule has 5 nitrogen and oxygen atoms in total. The maximum Gasteiger partial charge on any atom is 0.232 e. The molecule has 0 spiro atoms. The summed E-state index contributed by atoms with van der Waals surface area (Å²) < 4.78 is 19.0. The fraction of sp³-hybridized carbons (Fsp3) is 0.353. The summed E-state index contributed by atoms with van der Waals surface area (Å²) in [5, 5.41) is 3.25. The van der Waals surface area contributed by atoms with Gasteiger partial charge in [0, 0.05) is 5.56 Å². The maximum atomic E-state index is 13.5. The van der Waals surface area contributed by atoms with Crippen molar-refractivity contribution in [1.29, 1.82) is 0 Å². The van der Waals surface area contributed by atoms with Gasteiger partial charge in [-0.25, -0.2) is 9.37 Å². The molecule has 0 aliphatic carbocycles. The Balaban J connectivity index is 1.59. The number of ketones is 1. The average Bonchev–Trinajstić information content (AvgIpc) is 3.05. The van der Waals surface area contributed by atoms with E-state index in [0.29, 0.717) is 11.4 Å². The predicted molar refractivity (Wildman–Crippen MR) is 82.3 cm³/mol. The number of halogens is 1. The molecule has 0 amide bonds. The van der Waals surface area contributed by atoms with Gasteiger partial charge < -0.3 is 4.74 Å². The van der Waals surface area contributed by atoms with Gasteiger partial charge in [0.25, 0.3) is 0 Å². The molecule has 2 heterocycles. The van der Waals surface area contributed by atoms with Crippen LogP contribution in [0, 0.1) is 5.82 Å². The summed E-state index contributed by atoms with van der Waals surface area (Å²) in [6, 6.07) is 6.40. The fourth-order valence-corrected chi connectivity index (χ4v) is 2.64. The Hall–Kier alpha value is -2.34. The van der Waals surface area contributed by atoms with Gasteiger partial charge in [-0.2, -0.15) is 0 Å². The van der Waals surface area contributed by atoms with Gasteiger partial charge >= 0.3 is 0 Å². The number of carbonyl (C=O) groups excluding carboxylic acids is 1. The van der Waals surface area contributed by atoms with Crippen LogP contribution in [0.3, 0.4) is 0 Å². The monoisotopic (exact) mass is 315 g/mol. The molecular weight excluding hydrogens is 297 g/mol. The van der Waals surface area contributed by atoms with E-state index in [4.69, 9.17) is 4.74 Å². The molecule has 0 bridgehead atoms. The maximum absolute atomic E-state index is 13.5. The lowest BCUT2D eigenvalue weighted by Crippen LogP contribution is -2.30. The molecule has 1 aliphatic rings. The number of nitrogens with zero attached hydrogens (tertiary/aromatic N) is 2. The minimum Gasteiger partial charge on any atom is -0.472 e. The summed E-state index contributed by atoms with van der Waals surface area (Å²) in [4.78, 5) is 19.9. The van der Waals surface area contributed by atoms with Crippen LogP contribution in [0.2, 0.25) is 0 Å². The van der Waals surface area contributed by atoms with E-state index in [2.05, 4.69) is 15.3 Å². The van der Waals surface area contributed by atoms with Gasteiger partial charge in [0.15, 0.2) is 0 Å². The second-order valence-electron chi connectivity index (χ2n) is 5.62. The Labute approximate surface area is 133 Å². The first-order valence-corrected chi connectivity index (χ1v) is 7.58. The van der Waals surface area contributed by atoms with Crippen LogP contribution in [-0.4, -0.2) is 21.8 Å². The molecule has 120 valence electrons. The summed E-state index contributed by atoms with van der Waals surface area (Å²) in [5.74, 6) is 0.186. The third-order valence-electron chi connectivity index (χ3n) is 3.98. The van der Waals surface area contributed by atoms with Crippen molar-refractivity contribution in [2.45, 2.75) is 38.5 Å². The highest BCUT2D eigenvalue weighted by atomic mass is 19.1. The highest BCUT2D eigenvalue weighted by molar-refractivity contribution is 5.81. The molecule has 1 N–H and O–H groups in total. The summed E-state index contributed by atoms with van der Waals surface area (Å²) in [6.07, 6.45) is 4.83. The van der Waals surface area contributed by atoms with Crippen LogP contribution in [0.25, 0.3) is 0 Å². The summed E-state index contributed by atoms with van der Waals surface area (Å²) in [5.41, 5.74) is 1.26. The van der Waals surface area contributed by atoms with Crippen LogP contribution >= 0.6 is 0 Å². The smallest absolute Gasteiger partial charge is 0.232 e. The molecule has 2 unspecified atom stereocenters. The van der Waals surface area contributed by atoms with Crippen LogP contribution in [0.15, 0.2) is 36.7 Å². The van der Waals surface area contributed by atoms with Crippen molar-refractivity contribution in [2.75, 3.05) is 0 Å². The Morgan fingerprint density at radius 2 is 2.13 bits per heavy atom. The Bertz CT molecular complexity index is 690. The zero-order valence-electron chi connectivity index (χ0n) is 12.8. The normalized spacial score (nSPS) is 20.4. The number of hydrogen-bond donors (Lipinski definition) is 1. The first kappa shape index (κ1) is 15.6.